The highest BCUT2D eigenvalue weighted by Crippen LogP contribution is 2.36. The smallest absolute Gasteiger partial charge is 0.251 e. The summed E-state index contributed by atoms with van der Waals surface area (Å²) in [5.41, 5.74) is 1.74. The summed E-state index contributed by atoms with van der Waals surface area (Å²) in [7, 11) is 1.99. The van der Waals surface area contributed by atoms with E-state index in [1.54, 1.807) is 6.20 Å². The van der Waals surface area contributed by atoms with Crippen molar-refractivity contribution in [3.63, 3.8) is 0 Å². The second-order valence-corrected chi connectivity index (χ2v) is 6.89. The fourth-order valence-electron chi connectivity index (χ4n) is 3.44. The van der Waals surface area contributed by atoms with E-state index in [0.29, 0.717) is 12.5 Å². The Kier molecular flexibility index (Phi) is 4.28. The zero-order valence-electron chi connectivity index (χ0n) is 15.0. The lowest BCUT2D eigenvalue weighted by atomic mass is 9.79. The first-order valence-corrected chi connectivity index (χ1v) is 8.84. The maximum atomic E-state index is 12.4. The predicted octanol–water partition coefficient (Wildman–Crippen LogP) is 2.04. The SMILES string of the molecule is Cc1ccccc1C(=O)NC1CC(c2nnc(Cn3cccn3)n2C)C1. The van der Waals surface area contributed by atoms with E-state index in [9.17, 15) is 4.79 Å². The van der Waals surface area contributed by atoms with Crippen molar-refractivity contribution < 1.29 is 4.79 Å². The molecule has 2 aromatic heterocycles. The summed E-state index contributed by atoms with van der Waals surface area (Å²) in [4.78, 5) is 12.4. The molecule has 1 aliphatic carbocycles. The third-order valence-corrected chi connectivity index (χ3v) is 5.09. The average Bonchev–Trinajstić information content (AvgIpc) is 3.22. The summed E-state index contributed by atoms with van der Waals surface area (Å²) in [6.07, 6.45) is 5.45. The minimum Gasteiger partial charge on any atom is -0.349 e. The van der Waals surface area contributed by atoms with Crippen molar-refractivity contribution in [2.45, 2.75) is 38.3 Å². The van der Waals surface area contributed by atoms with Gasteiger partial charge in [0.25, 0.3) is 5.91 Å². The van der Waals surface area contributed by atoms with Gasteiger partial charge in [0.1, 0.15) is 12.4 Å². The number of nitrogens with one attached hydrogen (secondary N) is 1. The number of hydrogen-bond acceptors (Lipinski definition) is 4. The first-order chi connectivity index (χ1) is 12.6. The third-order valence-electron chi connectivity index (χ3n) is 5.09. The van der Waals surface area contributed by atoms with E-state index >= 15 is 0 Å². The molecule has 1 aromatic carbocycles. The molecule has 7 nitrogen and oxygen atoms in total. The second kappa shape index (κ2) is 6.74. The number of carbonyl (C=O) groups is 1. The van der Waals surface area contributed by atoms with Gasteiger partial charge in [0.2, 0.25) is 0 Å². The van der Waals surface area contributed by atoms with E-state index in [4.69, 9.17) is 0 Å². The molecule has 0 aliphatic heterocycles. The highest BCUT2D eigenvalue weighted by atomic mass is 16.1. The van der Waals surface area contributed by atoms with Crippen molar-refractivity contribution in [3.8, 4) is 0 Å². The minimum atomic E-state index is 0.00360. The van der Waals surface area contributed by atoms with Gasteiger partial charge in [0, 0.05) is 37.0 Å². The maximum absolute atomic E-state index is 12.4. The Labute approximate surface area is 152 Å². The second-order valence-electron chi connectivity index (χ2n) is 6.89. The number of hydrogen-bond donors (Lipinski definition) is 1. The Bertz CT molecular complexity index is 908. The van der Waals surface area contributed by atoms with E-state index in [1.165, 1.54) is 0 Å². The number of rotatable bonds is 5. The highest BCUT2D eigenvalue weighted by Gasteiger charge is 2.35. The van der Waals surface area contributed by atoms with E-state index < -0.39 is 0 Å². The summed E-state index contributed by atoms with van der Waals surface area (Å²) < 4.78 is 3.88. The van der Waals surface area contributed by atoms with Crippen molar-refractivity contribution in [1.29, 1.82) is 0 Å². The van der Waals surface area contributed by atoms with Crippen LogP contribution in [0.25, 0.3) is 0 Å². The molecule has 1 N–H and O–H groups in total. The van der Waals surface area contributed by atoms with Crippen LogP contribution in [0.3, 0.4) is 0 Å². The Balaban J connectivity index is 1.36. The average molecular weight is 350 g/mol. The molecule has 1 saturated carbocycles. The molecule has 1 fully saturated rings. The quantitative estimate of drug-likeness (QED) is 0.764. The van der Waals surface area contributed by atoms with Gasteiger partial charge in [-0.25, -0.2) is 0 Å². The zero-order valence-corrected chi connectivity index (χ0v) is 15.0. The van der Waals surface area contributed by atoms with Gasteiger partial charge in [0.15, 0.2) is 5.82 Å². The normalized spacial score (nSPS) is 19.2. The largest absolute Gasteiger partial charge is 0.349 e. The molecule has 4 rings (SSSR count). The molecule has 134 valence electrons. The molecule has 0 unspecified atom stereocenters. The molecule has 0 bridgehead atoms. The number of benzene rings is 1. The summed E-state index contributed by atoms with van der Waals surface area (Å²) in [6, 6.07) is 9.75. The molecule has 0 spiro atoms. The fourth-order valence-corrected chi connectivity index (χ4v) is 3.44. The van der Waals surface area contributed by atoms with Crippen LogP contribution >= 0.6 is 0 Å². The van der Waals surface area contributed by atoms with E-state index in [0.717, 1.165) is 35.6 Å². The van der Waals surface area contributed by atoms with Crippen LogP contribution in [-0.2, 0) is 13.6 Å². The molecular formula is C19H22N6O. The number of carbonyl (C=O) groups excluding carboxylic acids is 1. The lowest BCUT2D eigenvalue weighted by molar-refractivity contribution is 0.0906. The molecule has 0 saturated heterocycles. The van der Waals surface area contributed by atoms with Gasteiger partial charge in [-0.05, 0) is 37.5 Å². The van der Waals surface area contributed by atoms with Crippen LogP contribution in [0.1, 0.15) is 46.3 Å². The molecular weight excluding hydrogens is 328 g/mol. The minimum absolute atomic E-state index is 0.00360. The van der Waals surface area contributed by atoms with E-state index in [1.807, 2.05) is 59.7 Å². The van der Waals surface area contributed by atoms with Gasteiger partial charge in [-0.3, -0.25) is 9.48 Å². The topological polar surface area (TPSA) is 77.6 Å². The third kappa shape index (κ3) is 3.12. The first-order valence-electron chi connectivity index (χ1n) is 8.84. The van der Waals surface area contributed by atoms with Crippen molar-refractivity contribution in [2.75, 3.05) is 0 Å². The number of nitrogens with zero attached hydrogens (tertiary/aromatic N) is 5. The van der Waals surface area contributed by atoms with E-state index in [-0.39, 0.29) is 11.9 Å². The van der Waals surface area contributed by atoms with Crippen LogP contribution in [0, 0.1) is 6.92 Å². The van der Waals surface area contributed by atoms with Crippen LogP contribution in [0.4, 0.5) is 0 Å². The molecule has 2 heterocycles. The number of amides is 1. The summed E-state index contributed by atoms with van der Waals surface area (Å²) in [6.45, 7) is 2.57. The maximum Gasteiger partial charge on any atom is 0.251 e. The Morgan fingerprint density at radius 2 is 2.04 bits per heavy atom. The molecule has 7 heteroatoms. The lowest BCUT2D eigenvalue weighted by Gasteiger charge is -2.35. The van der Waals surface area contributed by atoms with Gasteiger partial charge < -0.3 is 9.88 Å². The highest BCUT2D eigenvalue weighted by molar-refractivity contribution is 5.95. The Hall–Kier alpha value is -2.96. The predicted molar refractivity (Wildman–Crippen MR) is 96.7 cm³/mol. The summed E-state index contributed by atoms with van der Waals surface area (Å²) in [5.74, 6) is 2.20. The van der Waals surface area contributed by atoms with Crippen LogP contribution in [-0.4, -0.2) is 36.5 Å². The monoisotopic (exact) mass is 350 g/mol. The van der Waals surface area contributed by atoms with Gasteiger partial charge in [-0.1, -0.05) is 18.2 Å². The molecule has 26 heavy (non-hydrogen) atoms. The molecule has 1 amide bonds. The Morgan fingerprint density at radius 1 is 1.23 bits per heavy atom. The van der Waals surface area contributed by atoms with Gasteiger partial charge in [-0.15, -0.1) is 10.2 Å². The van der Waals surface area contributed by atoms with Gasteiger partial charge in [0.05, 0.1) is 0 Å². The molecule has 0 radical (unpaired) electrons. The van der Waals surface area contributed by atoms with Crippen molar-refractivity contribution in [2.24, 2.45) is 7.05 Å². The lowest BCUT2D eigenvalue weighted by Crippen LogP contribution is -2.44. The summed E-state index contributed by atoms with van der Waals surface area (Å²) in [5, 5.41) is 16.0. The summed E-state index contributed by atoms with van der Waals surface area (Å²) >= 11 is 0. The van der Waals surface area contributed by atoms with Crippen molar-refractivity contribution in [1.82, 2.24) is 29.9 Å². The zero-order chi connectivity index (χ0) is 18.1. The number of aryl methyl sites for hydroxylation is 1. The molecule has 1 aliphatic rings. The van der Waals surface area contributed by atoms with E-state index in [2.05, 4.69) is 20.6 Å². The fraction of sp³-hybridized carbons (Fsp3) is 0.368. The Morgan fingerprint density at radius 3 is 2.77 bits per heavy atom. The van der Waals surface area contributed by atoms with Crippen LogP contribution in [0.2, 0.25) is 0 Å². The standard InChI is InChI=1S/C19H22N6O/c1-13-6-3-4-7-16(13)19(26)21-15-10-14(11-15)18-23-22-17(24(18)2)12-25-9-5-8-20-25/h3-9,14-15H,10-12H2,1-2H3,(H,21,26). The number of aromatic nitrogens is 5. The van der Waals surface area contributed by atoms with Gasteiger partial charge in [-0.2, -0.15) is 5.10 Å². The molecule has 3 aromatic rings. The van der Waals surface area contributed by atoms with Crippen molar-refractivity contribution in [3.05, 3.63) is 65.5 Å². The van der Waals surface area contributed by atoms with Crippen LogP contribution in [0.5, 0.6) is 0 Å². The van der Waals surface area contributed by atoms with Crippen molar-refractivity contribution >= 4 is 5.91 Å². The molecule has 0 atom stereocenters. The first kappa shape index (κ1) is 16.5. The van der Waals surface area contributed by atoms with Crippen LogP contribution < -0.4 is 5.32 Å². The van der Waals surface area contributed by atoms with Crippen LogP contribution in [0.15, 0.2) is 42.7 Å². The van der Waals surface area contributed by atoms with Gasteiger partial charge >= 0.3 is 0 Å².